The molecule has 1 N–H and O–H groups in total. The van der Waals surface area contributed by atoms with Crippen LogP contribution in [0.15, 0.2) is 24.7 Å². The maximum Gasteiger partial charge on any atom is 0.462 e. The summed E-state index contributed by atoms with van der Waals surface area (Å²) in [6.07, 6.45) is 2.27. The molecule has 2 heterocycles. The second-order valence-corrected chi connectivity index (χ2v) is 4.28. The smallest absolute Gasteiger partial charge is 0.358 e. The van der Waals surface area contributed by atoms with Gasteiger partial charge in [-0.05, 0) is 22.0 Å². The summed E-state index contributed by atoms with van der Waals surface area (Å²) in [5.74, 6) is -2.49. The first kappa shape index (κ1) is 15.3. The van der Waals surface area contributed by atoms with Crippen LogP contribution in [0.1, 0.15) is 0 Å². The number of imidazole rings is 1. The molecule has 0 aliphatic rings. The molecule has 0 fully saturated rings. The highest BCUT2D eigenvalue weighted by Gasteiger charge is 2.33. The van der Waals surface area contributed by atoms with E-state index in [1.54, 1.807) is 0 Å². The zero-order chi connectivity index (χ0) is 16.3. The van der Waals surface area contributed by atoms with E-state index in [9.17, 15) is 25.0 Å². The van der Waals surface area contributed by atoms with Gasteiger partial charge in [0.1, 0.15) is 0 Å². The van der Waals surface area contributed by atoms with Gasteiger partial charge in [-0.3, -0.25) is 4.79 Å². The van der Waals surface area contributed by atoms with Gasteiger partial charge < -0.3 is 25.5 Å². The summed E-state index contributed by atoms with van der Waals surface area (Å²) < 4.78 is 0.762. The molecule has 0 spiro atoms. The third kappa shape index (κ3) is 3.15. The predicted octanol–water partition coefficient (Wildman–Crippen LogP) is 1.39. The molecule has 11 nitrogen and oxygen atoms in total. The van der Waals surface area contributed by atoms with Gasteiger partial charge in [0, 0.05) is 11.2 Å². The molecule has 0 saturated heterocycles. The minimum absolute atomic E-state index is 0.0435. The van der Waals surface area contributed by atoms with Crippen LogP contribution in [0.3, 0.4) is 0 Å². The number of halogens is 1. The van der Waals surface area contributed by atoms with Crippen molar-refractivity contribution in [3.8, 4) is 0 Å². The number of hydrogen-bond donors (Lipinski definition) is 1. The molecular weight excluding hydrogens is 320 g/mol. The van der Waals surface area contributed by atoms with E-state index in [0.29, 0.717) is 0 Å². The summed E-state index contributed by atoms with van der Waals surface area (Å²) >= 11 is 5.76. The third-order valence-corrected chi connectivity index (χ3v) is 2.79. The van der Waals surface area contributed by atoms with E-state index in [1.807, 2.05) is 0 Å². The average Bonchev–Trinajstić information content (AvgIpc) is 2.85. The van der Waals surface area contributed by atoms with Crippen molar-refractivity contribution < 1.29 is 14.6 Å². The summed E-state index contributed by atoms with van der Waals surface area (Å²) in [4.78, 5) is 38.5. The van der Waals surface area contributed by atoms with Crippen LogP contribution in [0, 0.1) is 20.2 Å². The maximum absolute atomic E-state index is 11.8. The SMILES string of the molecule is O=C(Cn1cnc([N+](=O)[O-])c1[N+](=O)[O-])Nc1cccnc1Cl. The van der Waals surface area contributed by atoms with Crippen LogP contribution >= 0.6 is 11.6 Å². The van der Waals surface area contributed by atoms with E-state index in [0.717, 1.165) is 10.9 Å². The number of nitrogens with zero attached hydrogens (tertiary/aromatic N) is 5. The second-order valence-electron chi connectivity index (χ2n) is 3.92. The molecule has 0 atom stereocenters. The van der Waals surface area contributed by atoms with Crippen molar-refractivity contribution in [1.29, 1.82) is 0 Å². The number of aromatic nitrogens is 3. The molecule has 114 valence electrons. The van der Waals surface area contributed by atoms with Crippen LogP contribution < -0.4 is 5.32 Å². The van der Waals surface area contributed by atoms with Gasteiger partial charge >= 0.3 is 11.6 Å². The number of anilines is 1. The Labute approximate surface area is 126 Å². The Bertz CT molecular complexity index is 760. The van der Waals surface area contributed by atoms with Gasteiger partial charge in [-0.1, -0.05) is 11.6 Å². The van der Waals surface area contributed by atoms with E-state index in [4.69, 9.17) is 11.6 Å². The van der Waals surface area contributed by atoms with E-state index in [1.165, 1.54) is 18.3 Å². The van der Waals surface area contributed by atoms with Gasteiger partial charge in [-0.15, -0.1) is 0 Å². The van der Waals surface area contributed by atoms with Gasteiger partial charge in [0.25, 0.3) is 12.2 Å². The molecule has 0 bridgehead atoms. The van der Waals surface area contributed by atoms with Gasteiger partial charge in [-0.25, -0.2) is 4.98 Å². The number of rotatable bonds is 5. The minimum Gasteiger partial charge on any atom is -0.358 e. The fourth-order valence-electron chi connectivity index (χ4n) is 1.62. The van der Waals surface area contributed by atoms with Crippen LogP contribution in [0.25, 0.3) is 0 Å². The number of amides is 1. The van der Waals surface area contributed by atoms with Crippen LogP contribution in [-0.4, -0.2) is 30.3 Å². The number of pyridine rings is 1. The maximum atomic E-state index is 11.8. The summed E-state index contributed by atoms with van der Waals surface area (Å²) in [6, 6.07) is 3.02. The first-order chi connectivity index (χ1) is 10.4. The standard InChI is InChI=1S/C10H7ClN6O5/c11-8-6(2-1-3-12-8)14-7(18)4-15-5-13-9(16(19)20)10(15)17(21)22/h1-3,5H,4H2,(H,14,18). The summed E-state index contributed by atoms with van der Waals surface area (Å²) in [5, 5.41) is 24.0. The molecule has 1 amide bonds. The molecular formula is C10H7ClN6O5. The summed E-state index contributed by atoms with van der Waals surface area (Å²) in [6.45, 7) is -0.539. The molecule has 0 aliphatic carbocycles. The number of carbonyl (C=O) groups is 1. The lowest BCUT2D eigenvalue weighted by molar-refractivity contribution is -0.428. The highest BCUT2D eigenvalue weighted by atomic mass is 35.5. The van der Waals surface area contributed by atoms with Crippen LogP contribution in [0.2, 0.25) is 5.15 Å². The molecule has 0 aromatic carbocycles. The first-order valence-corrected chi connectivity index (χ1v) is 6.02. The number of hydrogen-bond acceptors (Lipinski definition) is 7. The van der Waals surface area contributed by atoms with Crippen molar-refractivity contribution in [2.24, 2.45) is 0 Å². The Morgan fingerprint density at radius 2 is 2.05 bits per heavy atom. The molecule has 2 aromatic heterocycles. The Hall–Kier alpha value is -3.08. The molecule has 0 saturated carbocycles. The molecule has 12 heteroatoms. The summed E-state index contributed by atoms with van der Waals surface area (Å²) in [7, 11) is 0. The monoisotopic (exact) mass is 326 g/mol. The van der Waals surface area contributed by atoms with Crippen molar-refractivity contribution >= 4 is 34.8 Å². The molecule has 2 rings (SSSR count). The Kier molecular flexibility index (Phi) is 4.27. The van der Waals surface area contributed by atoms with Gasteiger partial charge in [0.05, 0.1) is 5.69 Å². The van der Waals surface area contributed by atoms with Crippen molar-refractivity contribution in [1.82, 2.24) is 14.5 Å². The highest BCUT2D eigenvalue weighted by molar-refractivity contribution is 6.32. The third-order valence-electron chi connectivity index (χ3n) is 2.48. The normalized spacial score (nSPS) is 10.2. The largest absolute Gasteiger partial charge is 0.462 e. The van der Waals surface area contributed by atoms with Gasteiger partial charge in [0.2, 0.25) is 0 Å². The molecule has 0 radical (unpaired) electrons. The summed E-state index contributed by atoms with van der Waals surface area (Å²) in [5.41, 5.74) is 0.214. The molecule has 0 unspecified atom stereocenters. The van der Waals surface area contributed by atoms with Crippen molar-refractivity contribution in [2.75, 3.05) is 5.32 Å². The van der Waals surface area contributed by atoms with Crippen LogP contribution in [-0.2, 0) is 11.3 Å². The van der Waals surface area contributed by atoms with E-state index < -0.39 is 33.9 Å². The van der Waals surface area contributed by atoms with Crippen LogP contribution in [0.5, 0.6) is 0 Å². The first-order valence-electron chi connectivity index (χ1n) is 5.64. The lowest BCUT2D eigenvalue weighted by atomic mass is 10.4. The Morgan fingerprint density at radius 1 is 1.32 bits per heavy atom. The number of nitro groups is 2. The van der Waals surface area contributed by atoms with Crippen molar-refractivity contribution in [2.45, 2.75) is 6.54 Å². The van der Waals surface area contributed by atoms with Gasteiger partial charge in [-0.2, -0.15) is 4.57 Å². The van der Waals surface area contributed by atoms with Gasteiger partial charge in [0.15, 0.2) is 11.7 Å². The average molecular weight is 327 g/mol. The predicted molar refractivity (Wildman–Crippen MR) is 73.4 cm³/mol. The fourth-order valence-corrected chi connectivity index (χ4v) is 1.79. The fraction of sp³-hybridized carbons (Fsp3) is 0.100. The van der Waals surface area contributed by atoms with E-state index in [-0.39, 0.29) is 10.8 Å². The van der Waals surface area contributed by atoms with E-state index in [2.05, 4.69) is 15.3 Å². The number of carbonyl (C=O) groups excluding carboxylic acids is 1. The lowest BCUT2D eigenvalue weighted by Gasteiger charge is -2.04. The van der Waals surface area contributed by atoms with Crippen molar-refractivity contribution in [3.05, 3.63) is 50.0 Å². The quantitative estimate of drug-likeness (QED) is 0.496. The Morgan fingerprint density at radius 3 is 2.64 bits per heavy atom. The molecule has 0 aliphatic heterocycles. The highest BCUT2D eigenvalue weighted by Crippen LogP contribution is 2.24. The van der Waals surface area contributed by atoms with Crippen LogP contribution in [0.4, 0.5) is 17.3 Å². The zero-order valence-corrected chi connectivity index (χ0v) is 11.4. The topological polar surface area (TPSA) is 146 Å². The Balaban J connectivity index is 2.21. The molecule has 22 heavy (non-hydrogen) atoms. The van der Waals surface area contributed by atoms with Crippen molar-refractivity contribution in [3.63, 3.8) is 0 Å². The number of nitrogens with one attached hydrogen (secondary N) is 1. The van der Waals surface area contributed by atoms with E-state index >= 15 is 0 Å². The minimum atomic E-state index is -0.996. The lowest BCUT2D eigenvalue weighted by Crippen LogP contribution is -2.19. The second kappa shape index (κ2) is 6.13. The molecule has 2 aromatic rings. The zero-order valence-electron chi connectivity index (χ0n) is 10.7.